The molecule has 3 rings (SSSR count). The van der Waals surface area contributed by atoms with E-state index in [1.165, 1.54) is 4.57 Å². The Morgan fingerprint density at radius 2 is 1.96 bits per heavy atom. The van der Waals surface area contributed by atoms with E-state index in [9.17, 15) is 14.4 Å². The van der Waals surface area contributed by atoms with E-state index in [2.05, 4.69) is 10.3 Å². The molecular formula is C15H17ClN4O3. The number of nitrogens with two attached hydrogens (primary N) is 1. The van der Waals surface area contributed by atoms with Crippen LogP contribution in [0.15, 0.2) is 16.9 Å². The topological polar surface area (TPSA) is 107 Å². The highest BCUT2D eigenvalue weighted by atomic mass is 35.5. The van der Waals surface area contributed by atoms with Crippen molar-refractivity contribution in [3.05, 3.63) is 33.9 Å². The second kappa shape index (κ2) is 6.00. The SMILES string of the molecule is Cc1ccc2nc(C)n(C3CCC(=O)NC3=O)c(=O)c2c1N.Cl. The number of aryl methyl sites for hydroxylation is 2. The van der Waals surface area contributed by atoms with E-state index in [-0.39, 0.29) is 36.7 Å². The molecule has 0 aliphatic carbocycles. The van der Waals surface area contributed by atoms with Gasteiger partial charge in [-0.1, -0.05) is 6.07 Å². The van der Waals surface area contributed by atoms with Crippen molar-refractivity contribution < 1.29 is 9.59 Å². The van der Waals surface area contributed by atoms with Crippen molar-refractivity contribution in [3.63, 3.8) is 0 Å². The number of amides is 2. The summed E-state index contributed by atoms with van der Waals surface area (Å²) in [7, 11) is 0. The zero-order valence-corrected chi connectivity index (χ0v) is 13.6. The van der Waals surface area contributed by atoms with Crippen molar-refractivity contribution in [1.82, 2.24) is 14.9 Å². The van der Waals surface area contributed by atoms with Gasteiger partial charge < -0.3 is 5.73 Å². The fraction of sp³-hybridized carbons (Fsp3) is 0.333. The van der Waals surface area contributed by atoms with Gasteiger partial charge in [-0.05, 0) is 31.9 Å². The van der Waals surface area contributed by atoms with Crippen molar-refractivity contribution in [1.29, 1.82) is 0 Å². The number of rotatable bonds is 1. The molecular weight excluding hydrogens is 320 g/mol. The van der Waals surface area contributed by atoms with Gasteiger partial charge in [0.25, 0.3) is 5.56 Å². The summed E-state index contributed by atoms with van der Waals surface area (Å²) in [6.45, 7) is 3.48. The lowest BCUT2D eigenvalue weighted by Gasteiger charge is -2.24. The fourth-order valence-corrected chi connectivity index (χ4v) is 2.82. The van der Waals surface area contributed by atoms with Gasteiger partial charge >= 0.3 is 0 Å². The minimum atomic E-state index is -0.734. The van der Waals surface area contributed by atoms with Gasteiger partial charge in [-0.3, -0.25) is 24.3 Å². The number of nitrogens with one attached hydrogen (secondary N) is 1. The molecule has 1 aliphatic rings. The van der Waals surface area contributed by atoms with Gasteiger partial charge in [-0.25, -0.2) is 4.98 Å². The van der Waals surface area contributed by atoms with Crippen LogP contribution in [0.3, 0.4) is 0 Å². The lowest BCUT2D eigenvalue weighted by Crippen LogP contribution is -2.45. The van der Waals surface area contributed by atoms with Gasteiger partial charge in [0.05, 0.1) is 10.9 Å². The first-order valence-corrected chi connectivity index (χ1v) is 7.01. The van der Waals surface area contributed by atoms with Crippen LogP contribution < -0.4 is 16.6 Å². The van der Waals surface area contributed by atoms with Crippen molar-refractivity contribution >= 4 is 40.8 Å². The van der Waals surface area contributed by atoms with Crippen LogP contribution in [-0.4, -0.2) is 21.4 Å². The first-order chi connectivity index (χ1) is 10.4. The molecule has 2 amide bonds. The molecule has 1 aromatic heterocycles. The molecule has 1 unspecified atom stereocenters. The summed E-state index contributed by atoms with van der Waals surface area (Å²) in [6.07, 6.45) is 0.480. The Labute approximate surface area is 138 Å². The largest absolute Gasteiger partial charge is 0.398 e. The minimum absolute atomic E-state index is 0. The molecule has 3 N–H and O–H groups in total. The Morgan fingerprint density at radius 3 is 2.61 bits per heavy atom. The standard InChI is InChI=1S/C15H16N4O3.ClH/c1-7-3-4-9-12(13(7)16)15(22)19(8(2)17-9)10-5-6-11(20)18-14(10)21;/h3-4,10H,5-6,16H2,1-2H3,(H,18,20,21);1H. The number of nitrogens with zero attached hydrogens (tertiary/aromatic N) is 2. The van der Waals surface area contributed by atoms with Gasteiger partial charge in [0.1, 0.15) is 11.9 Å². The summed E-state index contributed by atoms with van der Waals surface area (Å²) in [5, 5.41) is 2.57. The molecule has 0 radical (unpaired) electrons. The number of hydrogen-bond acceptors (Lipinski definition) is 5. The number of carbonyl (C=O) groups is 2. The predicted octanol–water partition coefficient (Wildman–Crippen LogP) is 0.995. The molecule has 7 nitrogen and oxygen atoms in total. The van der Waals surface area contributed by atoms with Crippen LogP contribution in [0, 0.1) is 13.8 Å². The number of piperidine rings is 1. The van der Waals surface area contributed by atoms with E-state index in [4.69, 9.17) is 5.73 Å². The number of benzene rings is 1. The van der Waals surface area contributed by atoms with Gasteiger partial charge in [0.15, 0.2) is 0 Å². The monoisotopic (exact) mass is 336 g/mol. The number of nitrogen functional groups attached to an aromatic ring is 1. The number of halogens is 1. The van der Waals surface area contributed by atoms with Crippen LogP contribution in [0.5, 0.6) is 0 Å². The Bertz CT molecular complexity index is 875. The van der Waals surface area contributed by atoms with Crippen LogP contribution in [0.25, 0.3) is 10.9 Å². The lowest BCUT2D eigenvalue weighted by atomic mass is 10.0. The maximum Gasteiger partial charge on any atom is 0.264 e. The summed E-state index contributed by atoms with van der Waals surface area (Å²) in [5.74, 6) is -0.375. The number of hydrogen-bond donors (Lipinski definition) is 2. The number of fused-ring (bicyclic) bond motifs is 1. The van der Waals surface area contributed by atoms with Gasteiger partial charge in [0, 0.05) is 12.1 Å². The second-order valence-electron chi connectivity index (χ2n) is 5.49. The summed E-state index contributed by atoms with van der Waals surface area (Å²) < 4.78 is 1.33. The molecule has 2 heterocycles. The molecule has 0 bridgehead atoms. The fourth-order valence-electron chi connectivity index (χ4n) is 2.82. The van der Waals surface area contributed by atoms with Crippen molar-refractivity contribution in [2.24, 2.45) is 0 Å². The lowest BCUT2D eigenvalue weighted by molar-refractivity contribution is -0.135. The molecule has 23 heavy (non-hydrogen) atoms. The third kappa shape index (κ3) is 2.68. The van der Waals surface area contributed by atoms with E-state index in [1.807, 2.05) is 6.92 Å². The van der Waals surface area contributed by atoms with Crippen LogP contribution >= 0.6 is 12.4 Å². The van der Waals surface area contributed by atoms with Crippen LogP contribution in [0.1, 0.15) is 30.3 Å². The Balaban J connectivity index is 0.00000192. The minimum Gasteiger partial charge on any atom is -0.398 e. The van der Waals surface area contributed by atoms with E-state index in [0.29, 0.717) is 22.4 Å². The summed E-state index contributed by atoms with van der Waals surface area (Å²) in [6, 6.07) is 2.81. The molecule has 1 aliphatic heterocycles. The molecule has 8 heteroatoms. The molecule has 1 saturated heterocycles. The zero-order valence-electron chi connectivity index (χ0n) is 12.8. The first-order valence-electron chi connectivity index (χ1n) is 7.01. The summed E-state index contributed by atoms with van der Waals surface area (Å²) in [4.78, 5) is 40.5. The maximum atomic E-state index is 12.8. The second-order valence-corrected chi connectivity index (χ2v) is 5.49. The third-order valence-electron chi connectivity index (χ3n) is 4.03. The van der Waals surface area contributed by atoms with E-state index < -0.39 is 11.9 Å². The molecule has 1 atom stereocenters. The molecule has 122 valence electrons. The van der Waals surface area contributed by atoms with E-state index in [1.54, 1.807) is 19.1 Å². The summed E-state index contributed by atoms with van der Waals surface area (Å²) in [5.41, 5.74) is 7.33. The maximum absolute atomic E-state index is 12.8. The van der Waals surface area contributed by atoms with E-state index in [0.717, 1.165) is 5.56 Å². The average Bonchev–Trinajstić information content (AvgIpc) is 2.45. The van der Waals surface area contributed by atoms with Crippen LogP contribution in [0.4, 0.5) is 5.69 Å². The van der Waals surface area contributed by atoms with E-state index >= 15 is 0 Å². The number of aromatic nitrogens is 2. The van der Waals surface area contributed by atoms with Crippen molar-refractivity contribution in [2.45, 2.75) is 32.7 Å². The Hall–Kier alpha value is -2.41. The molecule has 0 saturated carbocycles. The molecule has 0 spiro atoms. The van der Waals surface area contributed by atoms with Gasteiger partial charge in [-0.2, -0.15) is 0 Å². The molecule has 1 fully saturated rings. The quantitative estimate of drug-likeness (QED) is 0.596. The first kappa shape index (κ1) is 17.0. The normalized spacial score (nSPS) is 17.7. The summed E-state index contributed by atoms with van der Waals surface area (Å²) >= 11 is 0. The van der Waals surface area contributed by atoms with Crippen molar-refractivity contribution in [3.8, 4) is 0 Å². The highest BCUT2D eigenvalue weighted by molar-refractivity contribution is 5.99. The molecule has 1 aromatic carbocycles. The van der Waals surface area contributed by atoms with Crippen LogP contribution in [0.2, 0.25) is 0 Å². The van der Waals surface area contributed by atoms with Gasteiger partial charge in [0.2, 0.25) is 11.8 Å². The third-order valence-corrected chi connectivity index (χ3v) is 4.03. The number of anilines is 1. The van der Waals surface area contributed by atoms with Gasteiger partial charge in [-0.15, -0.1) is 12.4 Å². The highest BCUT2D eigenvalue weighted by Gasteiger charge is 2.30. The Morgan fingerprint density at radius 1 is 1.26 bits per heavy atom. The smallest absolute Gasteiger partial charge is 0.264 e. The zero-order chi connectivity index (χ0) is 16.0. The average molecular weight is 337 g/mol. The predicted molar refractivity (Wildman–Crippen MR) is 88.6 cm³/mol. The van der Waals surface area contributed by atoms with Crippen molar-refractivity contribution in [2.75, 3.05) is 5.73 Å². The number of carbonyl (C=O) groups excluding carboxylic acids is 2. The Kier molecular flexibility index (Phi) is 4.42. The highest BCUT2D eigenvalue weighted by Crippen LogP contribution is 2.23. The molecule has 2 aromatic rings. The number of imide groups is 1. The van der Waals surface area contributed by atoms with Crippen LogP contribution in [-0.2, 0) is 9.59 Å².